The molecule has 0 radical (unpaired) electrons. The van der Waals surface area contributed by atoms with Gasteiger partial charge in [0, 0.05) is 24.7 Å². The van der Waals surface area contributed by atoms with Crippen molar-refractivity contribution in [2.75, 3.05) is 13.1 Å². The summed E-state index contributed by atoms with van der Waals surface area (Å²) >= 11 is 0. The lowest BCUT2D eigenvalue weighted by Gasteiger charge is -2.31. The average molecular weight is 376 g/mol. The smallest absolute Gasteiger partial charge is 0.251 e. The van der Waals surface area contributed by atoms with Crippen LogP contribution < -0.4 is 5.32 Å². The van der Waals surface area contributed by atoms with Gasteiger partial charge in [0.25, 0.3) is 5.91 Å². The first kappa shape index (κ1) is 18.5. The third-order valence-corrected chi connectivity index (χ3v) is 6.33. The van der Waals surface area contributed by atoms with Gasteiger partial charge in [-0.05, 0) is 42.7 Å². The molecule has 1 aliphatic rings. The van der Waals surface area contributed by atoms with Crippen LogP contribution in [0.2, 0.25) is 0 Å². The summed E-state index contributed by atoms with van der Waals surface area (Å²) in [6, 6.07) is 14.4. The first-order valence-electron chi connectivity index (χ1n) is 8.52. The normalized spacial score (nSPS) is 16.3. The van der Waals surface area contributed by atoms with Crippen LogP contribution in [0.4, 0.5) is 4.39 Å². The van der Waals surface area contributed by atoms with E-state index in [4.69, 9.17) is 0 Å². The number of nitrogens with one attached hydrogen (secondary N) is 1. The van der Waals surface area contributed by atoms with E-state index in [1.165, 1.54) is 28.6 Å². The molecule has 1 N–H and O–H groups in total. The van der Waals surface area contributed by atoms with Crippen molar-refractivity contribution >= 4 is 15.9 Å². The maximum absolute atomic E-state index is 12.9. The average Bonchev–Trinajstić information content (AvgIpc) is 2.63. The Morgan fingerprint density at radius 2 is 1.65 bits per heavy atom. The molecular weight excluding hydrogens is 355 g/mol. The molecule has 0 unspecified atom stereocenters. The van der Waals surface area contributed by atoms with Crippen LogP contribution in [-0.2, 0) is 15.8 Å². The molecule has 7 heteroatoms. The van der Waals surface area contributed by atoms with Gasteiger partial charge in [0.15, 0.2) is 0 Å². The van der Waals surface area contributed by atoms with Gasteiger partial charge in [-0.3, -0.25) is 4.79 Å². The number of carbonyl (C=O) groups excluding carboxylic acids is 1. The number of carbonyl (C=O) groups is 1. The zero-order chi connectivity index (χ0) is 18.6. The molecule has 1 aliphatic heterocycles. The Kier molecular flexibility index (Phi) is 5.68. The summed E-state index contributed by atoms with van der Waals surface area (Å²) in [6.07, 6.45) is 1.11. The molecule has 1 fully saturated rings. The summed E-state index contributed by atoms with van der Waals surface area (Å²) in [5, 5.41) is 2.89. The van der Waals surface area contributed by atoms with Gasteiger partial charge >= 0.3 is 0 Å². The summed E-state index contributed by atoms with van der Waals surface area (Å²) in [5.74, 6) is -0.672. The summed E-state index contributed by atoms with van der Waals surface area (Å²) in [7, 11) is -3.37. The Morgan fingerprint density at radius 1 is 1.04 bits per heavy atom. The van der Waals surface area contributed by atoms with Crippen molar-refractivity contribution in [2.45, 2.75) is 24.6 Å². The number of amides is 1. The second kappa shape index (κ2) is 7.97. The van der Waals surface area contributed by atoms with Gasteiger partial charge in [-0.2, -0.15) is 0 Å². The monoisotopic (exact) mass is 376 g/mol. The molecule has 26 heavy (non-hydrogen) atoms. The molecule has 0 atom stereocenters. The maximum atomic E-state index is 12.9. The molecule has 1 saturated heterocycles. The van der Waals surface area contributed by atoms with E-state index in [9.17, 15) is 17.6 Å². The highest BCUT2D eigenvalue weighted by molar-refractivity contribution is 7.88. The largest absolute Gasteiger partial charge is 0.349 e. The van der Waals surface area contributed by atoms with Crippen LogP contribution in [0.25, 0.3) is 0 Å². The standard InChI is InChI=1S/C19H21FN2O3S/c20-17-8-6-16(7-9-17)19(23)21-18-10-12-22(13-11-18)26(24,25)14-15-4-2-1-3-5-15/h1-9,18H,10-14H2,(H,21,23). The number of nitrogens with zero attached hydrogens (tertiary/aromatic N) is 1. The van der Waals surface area contributed by atoms with E-state index < -0.39 is 15.8 Å². The molecule has 138 valence electrons. The molecular formula is C19H21FN2O3S. The van der Waals surface area contributed by atoms with Crippen molar-refractivity contribution in [3.8, 4) is 0 Å². The highest BCUT2D eigenvalue weighted by Gasteiger charge is 2.28. The number of halogens is 1. The number of hydrogen-bond donors (Lipinski definition) is 1. The van der Waals surface area contributed by atoms with Gasteiger partial charge in [0.2, 0.25) is 10.0 Å². The topological polar surface area (TPSA) is 66.5 Å². The number of rotatable bonds is 5. The molecule has 0 spiro atoms. The molecule has 2 aromatic rings. The molecule has 0 aromatic heterocycles. The number of hydrogen-bond acceptors (Lipinski definition) is 3. The molecule has 0 saturated carbocycles. The Morgan fingerprint density at radius 3 is 2.27 bits per heavy atom. The van der Waals surface area contributed by atoms with Crippen molar-refractivity contribution in [1.29, 1.82) is 0 Å². The van der Waals surface area contributed by atoms with Crippen LogP contribution in [-0.4, -0.2) is 37.8 Å². The lowest BCUT2D eigenvalue weighted by atomic mass is 10.1. The van der Waals surface area contributed by atoms with Crippen LogP contribution in [0.15, 0.2) is 54.6 Å². The van der Waals surface area contributed by atoms with Gasteiger partial charge in [0.1, 0.15) is 5.82 Å². The molecule has 0 aliphatic carbocycles. The minimum Gasteiger partial charge on any atom is -0.349 e. The lowest BCUT2D eigenvalue weighted by Crippen LogP contribution is -2.46. The van der Waals surface area contributed by atoms with Crippen LogP contribution in [0.5, 0.6) is 0 Å². The first-order valence-corrected chi connectivity index (χ1v) is 10.1. The Hall–Kier alpha value is -2.25. The highest BCUT2D eigenvalue weighted by atomic mass is 32.2. The van der Waals surface area contributed by atoms with Gasteiger partial charge in [-0.1, -0.05) is 30.3 Å². The second-order valence-corrected chi connectivity index (χ2v) is 8.36. The molecule has 5 nitrogen and oxygen atoms in total. The molecule has 1 heterocycles. The zero-order valence-corrected chi connectivity index (χ0v) is 15.1. The summed E-state index contributed by atoms with van der Waals surface area (Å²) in [4.78, 5) is 12.2. The summed E-state index contributed by atoms with van der Waals surface area (Å²) in [6.45, 7) is 0.757. The fourth-order valence-corrected chi connectivity index (χ4v) is 4.59. The van der Waals surface area contributed by atoms with Crippen molar-refractivity contribution in [1.82, 2.24) is 9.62 Å². The zero-order valence-electron chi connectivity index (χ0n) is 14.3. The Bertz CT molecular complexity index is 846. The predicted octanol–water partition coefficient (Wildman–Crippen LogP) is 2.55. The molecule has 3 rings (SSSR count). The van der Waals surface area contributed by atoms with Crippen LogP contribution in [0.3, 0.4) is 0 Å². The fraction of sp³-hybridized carbons (Fsp3) is 0.316. The maximum Gasteiger partial charge on any atom is 0.251 e. The Labute approximate surface area is 152 Å². The SMILES string of the molecule is O=C(NC1CCN(S(=O)(=O)Cc2ccccc2)CC1)c1ccc(F)cc1. The minimum absolute atomic E-state index is 0.0134. The van der Waals surface area contributed by atoms with Gasteiger partial charge in [-0.15, -0.1) is 0 Å². The lowest BCUT2D eigenvalue weighted by molar-refractivity contribution is 0.0924. The molecule has 1 amide bonds. The predicted molar refractivity (Wildman–Crippen MR) is 97.5 cm³/mol. The van der Waals surface area contributed by atoms with Crippen molar-refractivity contribution < 1.29 is 17.6 Å². The van der Waals surface area contributed by atoms with Crippen LogP contribution in [0.1, 0.15) is 28.8 Å². The third-order valence-electron chi connectivity index (χ3n) is 4.48. The molecule has 2 aromatic carbocycles. The van der Waals surface area contributed by atoms with E-state index in [1.807, 2.05) is 18.2 Å². The second-order valence-electron chi connectivity index (χ2n) is 6.40. The number of piperidine rings is 1. The van der Waals surface area contributed by atoms with Gasteiger partial charge in [-0.25, -0.2) is 17.1 Å². The van der Waals surface area contributed by atoms with E-state index in [1.54, 1.807) is 12.1 Å². The number of sulfonamides is 1. The highest BCUT2D eigenvalue weighted by Crippen LogP contribution is 2.18. The van der Waals surface area contributed by atoms with E-state index in [0.29, 0.717) is 31.5 Å². The van der Waals surface area contributed by atoms with E-state index in [0.717, 1.165) is 5.56 Å². The van der Waals surface area contributed by atoms with Crippen molar-refractivity contribution in [3.63, 3.8) is 0 Å². The summed E-state index contributed by atoms with van der Waals surface area (Å²) < 4.78 is 39.5. The van der Waals surface area contributed by atoms with E-state index in [2.05, 4.69) is 5.32 Å². The minimum atomic E-state index is -3.37. The van der Waals surface area contributed by atoms with E-state index in [-0.39, 0.29) is 17.7 Å². The third kappa shape index (κ3) is 4.68. The molecule has 0 bridgehead atoms. The van der Waals surface area contributed by atoms with Gasteiger partial charge < -0.3 is 5.32 Å². The van der Waals surface area contributed by atoms with E-state index >= 15 is 0 Å². The van der Waals surface area contributed by atoms with Crippen LogP contribution in [0, 0.1) is 5.82 Å². The quantitative estimate of drug-likeness (QED) is 0.872. The van der Waals surface area contributed by atoms with Crippen molar-refractivity contribution in [3.05, 3.63) is 71.5 Å². The fourth-order valence-electron chi connectivity index (χ4n) is 3.02. The first-order chi connectivity index (χ1) is 12.4. The Balaban J connectivity index is 1.53. The van der Waals surface area contributed by atoms with Crippen LogP contribution >= 0.6 is 0 Å². The van der Waals surface area contributed by atoms with Gasteiger partial charge in [0.05, 0.1) is 5.75 Å². The van der Waals surface area contributed by atoms with Crippen molar-refractivity contribution in [2.24, 2.45) is 0 Å². The number of benzene rings is 2. The summed E-state index contributed by atoms with van der Waals surface area (Å²) in [5.41, 5.74) is 1.16.